The van der Waals surface area contributed by atoms with Crippen LogP contribution < -0.4 is 5.32 Å². The first kappa shape index (κ1) is 7.28. The molecule has 0 fully saturated rings. The van der Waals surface area contributed by atoms with Gasteiger partial charge in [-0.2, -0.15) is 11.3 Å². The molecule has 1 N–H and O–H groups in total. The van der Waals surface area contributed by atoms with Gasteiger partial charge < -0.3 is 5.32 Å². The fourth-order valence-corrected chi connectivity index (χ4v) is 1.41. The summed E-state index contributed by atoms with van der Waals surface area (Å²) >= 11 is 1.49. The van der Waals surface area contributed by atoms with Gasteiger partial charge in [0.2, 0.25) is 0 Å². The van der Waals surface area contributed by atoms with Crippen LogP contribution in [0.2, 0.25) is 0 Å². The fourth-order valence-electron chi connectivity index (χ4n) is 0.657. The first-order chi connectivity index (χ1) is 4.75. The number of thiophene rings is 1. The largest absolute Gasteiger partial charge is 0.355 e. The molecule has 0 aliphatic carbocycles. The summed E-state index contributed by atoms with van der Waals surface area (Å²) in [6.07, 6.45) is 0. The molecule has 1 heterocycles. The monoisotopic (exact) mass is 154 g/mol. The summed E-state index contributed by atoms with van der Waals surface area (Å²) in [5, 5.41) is 6.18. The molecular formula is C7H8NOS. The predicted molar refractivity (Wildman–Crippen MR) is 42.2 cm³/mol. The minimum absolute atomic E-state index is 0.0637. The molecule has 1 aromatic rings. The summed E-state index contributed by atoms with van der Waals surface area (Å²) in [6, 6.07) is 0. The van der Waals surface area contributed by atoms with E-state index in [1.165, 1.54) is 11.3 Å². The average molecular weight is 154 g/mol. The summed E-state index contributed by atoms with van der Waals surface area (Å²) in [5.41, 5.74) is 1.47. The fraction of sp³-hybridized carbons (Fsp3) is 0.143. The van der Waals surface area contributed by atoms with Crippen molar-refractivity contribution >= 4 is 17.2 Å². The lowest BCUT2D eigenvalue weighted by atomic mass is 10.2. The standard InChI is InChI=1S/C7H8NOS/c1-5-3-10-4-6(5)7(9)8-2/h3-4H,1H2,2H3,(H,8,9). The second-order valence-electron chi connectivity index (χ2n) is 1.89. The molecule has 0 bridgehead atoms. The van der Waals surface area contributed by atoms with Crippen LogP contribution in [-0.2, 0) is 0 Å². The molecule has 1 aromatic heterocycles. The van der Waals surface area contributed by atoms with E-state index in [4.69, 9.17) is 0 Å². The predicted octanol–water partition coefficient (Wildman–Crippen LogP) is 1.29. The van der Waals surface area contributed by atoms with Crippen molar-refractivity contribution in [1.29, 1.82) is 0 Å². The van der Waals surface area contributed by atoms with Crippen LogP contribution in [0.25, 0.3) is 0 Å². The van der Waals surface area contributed by atoms with Crippen LogP contribution in [-0.4, -0.2) is 13.0 Å². The highest BCUT2D eigenvalue weighted by molar-refractivity contribution is 7.08. The Hall–Kier alpha value is -0.830. The summed E-state index contributed by atoms with van der Waals surface area (Å²) in [6.45, 7) is 3.70. The molecule has 10 heavy (non-hydrogen) atoms. The number of nitrogens with one attached hydrogen (secondary N) is 1. The molecule has 1 rings (SSSR count). The van der Waals surface area contributed by atoms with Crippen LogP contribution in [0.5, 0.6) is 0 Å². The van der Waals surface area contributed by atoms with E-state index < -0.39 is 0 Å². The van der Waals surface area contributed by atoms with E-state index in [1.807, 2.05) is 5.38 Å². The highest BCUT2D eigenvalue weighted by Crippen LogP contribution is 2.12. The first-order valence-electron chi connectivity index (χ1n) is 2.86. The van der Waals surface area contributed by atoms with Gasteiger partial charge in [-0.3, -0.25) is 4.79 Å². The van der Waals surface area contributed by atoms with Gasteiger partial charge in [0.05, 0.1) is 5.56 Å². The zero-order chi connectivity index (χ0) is 7.56. The lowest BCUT2D eigenvalue weighted by molar-refractivity contribution is 0.0963. The van der Waals surface area contributed by atoms with Crippen LogP contribution in [0.15, 0.2) is 10.8 Å². The molecule has 0 aliphatic heterocycles. The van der Waals surface area contributed by atoms with Gasteiger partial charge >= 0.3 is 0 Å². The third-order valence-corrected chi connectivity index (χ3v) is 2.01. The summed E-state index contributed by atoms with van der Waals surface area (Å²) < 4.78 is 0. The Morgan fingerprint density at radius 1 is 1.70 bits per heavy atom. The van der Waals surface area contributed by atoms with Crippen molar-refractivity contribution in [3.8, 4) is 0 Å². The second kappa shape index (κ2) is 2.84. The molecule has 53 valence electrons. The minimum Gasteiger partial charge on any atom is -0.355 e. The van der Waals surface area contributed by atoms with Crippen molar-refractivity contribution in [2.45, 2.75) is 0 Å². The number of hydrogen-bond donors (Lipinski definition) is 1. The topological polar surface area (TPSA) is 29.1 Å². The number of carbonyl (C=O) groups excluding carboxylic acids is 1. The Labute approximate surface area is 63.9 Å². The van der Waals surface area contributed by atoms with E-state index in [0.29, 0.717) is 5.56 Å². The Balaban J connectivity index is 2.93. The maximum atomic E-state index is 11.0. The van der Waals surface area contributed by atoms with E-state index in [1.54, 1.807) is 12.4 Å². The second-order valence-corrected chi connectivity index (χ2v) is 2.63. The summed E-state index contributed by atoms with van der Waals surface area (Å²) in [7, 11) is 1.61. The van der Waals surface area contributed by atoms with Gasteiger partial charge in [-0.1, -0.05) is 0 Å². The van der Waals surface area contributed by atoms with Crippen molar-refractivity contribution in [3.05, 3.63) is 28.8 Å². The van der Waals surface area contributed by atoms with Crippen molar-refractivity contribution in [3.63, 3.8) is 0 Å². The molecule has 0 aromatic carbocycles. The van der Waals surface area contributed by atoms with Crippen LogP contribution in [0, 0.1) is 6.92 Å². The normalized spacial score (nSPS) is 9.40. The van der Waals surface area contributed by atoms with Crippen LogP contribution in [0.4, 0.5) is 0 Å². The summed E-state index contributed by atoms with van der Waals surface area (Å²) in [5.74, 6) is -0.0637. The summed E-state index contributed by atoms with van der Waals surface area (Å²) in [4.78, 5) is 11.0. The molecular weight excluding hydrogens is 146 g/mol. The maximum Gasteiger partial charge on any atom is 0.252 e. The zero-order valence-electron chi connectivity index (χ0n) is 5.68. The van der Waals surface area contributed by atoms with Gasteiger partial charge in [0, 0.05) is 12.4 Å². The van der Waals surface area contributed by atoms with E-state index in [9.17, 15) is 4.79 Å². The lowest BCUT2D eigenvalue weighted by Gasteiger charge is -1.95. The van der Waals surface area contributed by atoms with E-state index in [2.05, 4.69) is 12.2 Å². The van der Waals surface area contributed by atoms with E-state index in [-0.39, 0.29) is 5.91 Å². The molecule has 0 atom stereocenters. The molecule has 2 nitrogen and oxygen atoms in total. The van der Waals surface area contributed by atoms with E-state index >= 15 is 0 Å². The molecule has 0 spiro atoms. The third-order valence-electron chi connectivity index (χ3n) is 1.21. The molecule has 0 aliphatic rings. The smallest absolute Gasteiger partial charge is 0.252 e. The molecule has 0 unspecified atom stereocenters. The highest BCUT2D eigenvalue weighted by Gasteiger charge is 2.05. The van der Waals surface area contributed by atoms with Gasteiger partial charge in [-0.15, -0.1) is 0 Å². The number of hydrogen-bond acceptors (Lipinski definition) is 2. The Bertz CT molecular complexity index is 242. The lowest BCUT2D eigenvalue weighted by Crippen LogP contribution is -2.17. The molecule has 0 saturated carbocycles. The van der Waals surface area contributed by atoms with Crippen LogP contribution in [0.3, 0.4) is 0 Å². The first-order valence-corrected chi connectivity index (χ1v) is 3.80. The van der Waals surface area contributed by atoms with Crippen molar-refractivity contribution < 1.29 is 4.79 Å². The SMILES string of the molecule is [CH2]c1cscc1C(=O)NC. The average Bonchev–Trinajstić information content (AvgIpc) is 2.34. The number of amides is 1. The van der Waals surface area contributed by atoms with Gasteiger partial charge in [0.25, 0.3) is 5.91 Å². The van der Waals surface area contributed by atoms with Crippen LogP contribution >= 0.6 is 11.3 Å². The minimum atomic E-state index is -0.0637. The van der Waals surface area contributed by atoms with Crippen molar-refractivity contribution in [2.75, 3.05) is 7.05 Å². The molecule has 3 heteroatoms. The third kappa shape index (κ3) is 1.19. The van der Waals surface area contributed by atoms with Crippen molar-refractivity contribution in [2.24, 2.45) is 0 Å². The van der Waals surface area contributed by atoms with Crippen LogP contribution in [0.1, 0.15) is 15.9 Å². The van der Waals surface area contributed by atoms with Gasteiger partial charge in [0.1, 0.15) is 0 Å². The Morgan fingerprint density at radius 2 is 2.40 bits per heavy atom. The van der Waals surface area contributed by atoms with Crippen molar-refractivity contribution in [1.82, 2.24) is 5.32 Å². The number of carbonyl (C=O) groups is 1. The molecule has 1 amide bonds. The van der Waals surface area contributed by atoms with Gasteiger partial charge in [0.15, 0.2) is 0 Å². The highest BCUT2D eigenvalue weighted by atomic mass is 32.1. The maximum absolute atomic E-state index is 11.0. The molecule has 1 radical (unpaired) electrons. The zero-order valence-corrected chi connectivity index (χ0v) is 6.49. The Morgan fingerprint density at radius 3 is 2.80 bits per heavy atom. The quantitative estimate of drug-likeness (QED) is 0.648. The molecule has 0 saturated heterocycles. The Kier molecular flexibility index (Phi) is 2.06. The number of rotatable bonds is 1. The van der Waals surface area contributed by atoms with Gasteiger partial charge in [-0.05, 0) is 17.9 Å². The van der Waals surface area contributed by atoms with E-state index in [0.717, 1.165) is 5.56 Å². The van der Waals surface area contributed by atoms with Gasteiger partial charge in [-0.25, -0.2) is 0 Å².